The number of aromatic nitrogens is 2. The average Bonchev–Trinajstić information content (AvgIpc) is 0.853. The SMILES string of the molecule is CC[C@@H]1/C=C(/C)C[C@H](C)C[C@H](OC)C2O[C@@](O)(C(=O)C(=O)N3CCCC[C@H]3C(=O)O[C@H](/C(C)=C/[C@@H]3CC[C@@H](Oc4ccc5c(ccn5CCO[Si](C)(C)C(C)(C)C)c4)[C@H](OC)C3)[C@H](C)[C@@H](Oc3ccc4c(ccn4CCO[Si](C)(C)C(C)(C)C)c3)CC1=O)[C@H](C)C[C@@H]2OC. The Morgan fingerprint density at radius 3 is 1.80 bits per heavy atom. The van der Waals surface area contributed by atoms with Crippen LogP contribution in [0.5, 0.6) is 11.5 Å². The van der Waals surface area contributed by atoms with Crippen LogP contribution >= 0.6 is 0 Å². The van der Waals surface area contributed by atoms with Crippen molar-refractivity contribution in [1.82, 2.24) is 14.0 Å². The number of piperidine rings is 1. The maximum absolute atomic E-state index is 15.4. The fourth-order valence-corrected chi connectivity index (χ4v) is 16.2. The lowest BCUT2D eigenvalue weighted by Crippen LogP contribution is -2.64. The molecule has 4 aromatic rings. The van der Waals surface area contributed by atoms with Crippen molar-refractivity contribution in [3.63, 3.8) is 0 Å². The summed E-state index contributed by atoms with van der Waals surface area (Å²) in [6.07, 6.45) is 9.30. The predicted octanol–water partition coefficient (Wildman–Crippen LogP) is 14.6. The number of nitrogens with zero attached hydrogens (tertiary/aromatic N) is 3. The van der Waals surface area contributed by atoms with Crippen molar-refractivity contribution in [2.24, 2.45) is 29.6 Å². The number of cyclic esters (lactones) is 1. The number of rotatable bonds is 18. The number of allylic oxidation sites excluding steroid dienone is 3. The third-order valence-electron chi connectivity index (χ3n) is 22.1. The number of aliphatic hydroxyl groups is 1. The molecular formula is C75H115N3O14Si2. The molecule has 19 heteroatoms. The number of carbonyl (C=O) groups excluding carboxylic acids is 4. The monoisotopic (exact) mass is 1340 g/mol. The molecule has 14 atom stereocenters. The van der Waals surface area contributed by atoms with Gasteiger partial charge in [-0.25, -0.2) is 4.79 Å². The minimum atomic E-state index is -2.54. The van der Waals surface area contributed by atoms with E-state index in [1.165, 1.54) is 4.90 Å². The molecule has 1 aliphatic carbocycles. The molecule has 1 saturated carbocycles. The molecule has 3 fully saturated rings. The molecule has 5 heterocycles. The predicted molar refractivity (Wildman–Crippen MR) is 375 cm³/mol. The van der Waals surface area contributed by atoms with Crippen molar-refractivity contribution in [1.29, 1.82) is 0 Å². The third kappa shape index (κ3) is 17.5. The van der Waals surface area contributed by atoms with E-state index < -0.39 is 94.4 Å². The zero-order valence-electron chi connectivity index (χ0n) is 60.3. The van der Waals surface area contributed by atoms with E-state index in [0.29, 0.717) is 70.5 Å². The van der Waals surface area contributed by atoms with Gasteiger partial charge >= 0.3 is 5.97 Å². The van der Waals surface area contributed by atoms with Gasteiger partial charge in [-0.3, -0.25) is 14.4 Å². The molecule has 522 valence electrons. The maximum Gasteiger partial charge on any atom is 0.329 e. The number of benzene rings is 2. The van der Waals surface area contributed by atoms with E-state index in [1.54, 1.807) is 28.3 Å². The molecule has 1 amide bonds. The number of hydrogen-bond acceptors (Lipinski definition) is 14. The molecule has 8 rings (SSSR count). The van der Waals surface area contributed by atoms with Crippen molar-refractivity contribution in [3.8, 4) is 11.5 Å². The number of fused-ring (bicyclic) bond motifs is 5. The second-order valence-corrected chi connectivity index (χ2v) is 40.6. The Labute approximate surface area is 563 Å². The standard InChI is InChI=1S/C75H115N3O14Si2/c1-20-54-40-48(2)39-49(3)41-66(85-14)69-67(86-15)43-51(5)75(83,92-69)70(80)71(81)78-32-22-21-23-61(78)72(82)91-68(52(6)64(47-62(54)79)90-58-26-28-60-56(46-58)31-34-77(60)36-38-88-94(18,19)74(10,11)12)50(4)42-53-24-29-63(65(44-53)84-13)89-57-25-27-59-55(45-57)30-33-76(59)35-37-87-93(16,17)73(7,8)9/h25-28,30-31,33-34,40,42,45-46,49,51-54,61,63-69,83H,20-24,29,32,35-39,41,43-44,47H2,1-19H3/b48-40-,50-42+/t49-,51+,52+,53-,54+,61-,63+,64-,65+,66-,67-,68+,69?,75+/m0/s1. The minimum Gasteiger partial charge on any atom is -0.490 e. The lowest BCUT2D eigenvalue weighted by Gasteiger charge is -2.47. The highest BCUT2D eigenvalue weighted by Crippen LogP contribution is 2.42. The average molecular weight is 1340 g/mol. The Morgan fingerprint density at radius 1 is 0.702 bits per heavy atom. The van der Waals surface area contributed by atoms with Gasteiger partial charge in [-0.05, 0) is 180 Å². The number of ether oxygens (including phenoxy) is 7. The molecule has 0 spiro atoms. The molecule has 0 radical (unpaired) electrons. The summed E-state index contributed by atoms with van der Waals surface area (Å²) in [5.41, 5.74) is 3.92. The van der Waals surface area contributed by atoms with E-state index in [2.05, 4.69) is 133 Å². The van der Waals surface area contributed by atoms with E-state index in [1.807, 2.05) is 52.0 Å². The number of carbonyl (C=O) groups is 4. The fourth-order valence-electron chi connectivity index (χ4n) is 14.1. The zero-order chi connectivity index (χ0) is 68.8. The van der Waals surface area contributed by atoms with Gasteiger partial charge in [-0.1, -0.05) is 87.0 Å². The van der Waals surface area contributed by atoms with Crippen molar-refractivity contribution in [2.75, 3.05) is 41.1 Å². The first kappa shape index (κ1) is 74.8. The first-order chi connectivity index (χ1) is 44.2. The van der Waals surface area contributed by atoms with Crippen molar-refractivity contribution >= 4 is 61.9 Å². The van der Waals surface area contributed by atoms with Gasteiger partial charge in [-0.15, -0.1) is 0 Å². The van der Waals surface area contributed by atoms with Crippen LogP contribution in [0.4, 0.5) is 0 Å². The molecule has 94 heavy (non-hydrogen) atoms. The van der Waals surface area contributed by atoms with E-state index >= 15 is 9.59 Å². The summed E-state index contributed by atoms with van der Waals surface area (Å²) in [4.78, 5) is 61.6. The summed E-state index contributed by atoms with van der Waals surface area (Å²) >= 11 is 0. The second-order valence-electron chi connectivity index (χ2n) is 31.0. The Balaban J connectivity index is 1.13. The zero-order valence-corrected chi connectivity index (χ0v) is 62.3. The van der Waals surface area contributed by atoms with E-state index in [9.17, 15) is 14.7 Å². The van der Waals surface area contributed by atoms with Crippen molar-refractivity contribution < 1.29 is 66.3 Å². The largest absolute Gasteiger partial charge is 0.490 e. The molecule has 4 aliphatic rings. The van der Waals surface area contributed by atoms with E-state index in [0.717, 1.165) is 51.7 Å². The smallest absolute Gasteiger partial charge is 0.329 e. The van der Waals surface area contributed by atoms with Crippen molar-refractivity contribution in [2.45, 2.75) is 258 Å². The first-order valence-electron chi connectivity index (χ1n) is 34.9. The van der Waals surface area contributed by atoms with Gasteiger partial charge in [0, 0.05) is 99.3 Å². The number of methoxy groups -OCH3 is 3. The molecule has 3 aliphatic heterocycles. The van der Waals surface area contributed by atoms with Gasteiger partial charge in [0.05, 0.1) is 31.5 Å². The summed E-state index contributed by atoms with van der Waals surface area (Å²) in [6.45, 7) is 37.1. The summed E-state index contributed by atoms with van der Waals surface area (Å²) in [5, 5.41) is 14.7. The summed E-state index contributed by atoms with van der Waals surface area (Å²) < 4.78 is 63.1. The van der Waals surface area contributed by atoms with Gasteiger partial charge in [0.15, 0.2) is 16.6 Å². The number of esters is 1. The van der Waals surface area contributed by atoms with Gasteiger partial charge in [0.2, 0.25) is 5.79 Å². The summed E-state index contributed by atoms with van der Waals surface area (Å²) in [5.74, 6) is -6.03. The van der Waals surface area contributed by atoms with Crippen LogP contribution < -0.4 is 9.47 Å². The molecule has 1 N–H and O–H groups in total. The van der Waals surface area contributed by atoms with Crippen LogP contribution in [-0.4, -0.2) is 155 Å². The number of hydrogen-bond donors (Lipinski definition) is 1. The van der Waals surface area contributed by atoms with Gasteiger partial charge in [-0.2, -0.15) is 0 Å². The van der Waals surface area contributed by atoms with E-state index in [4.69, 9.17) is 42.0 Å². The Kier molecular flexibility index (Phi) is 24.9. The Bertz CT molecular complexity index is 3300. The van der Waals surface area contributed by atoms with Crippen LogP contribution in [0.15, 0.2) is 84.2 Å². The van der Waals surface area contributed by atoms with E-state index in [-0.39, 0.29) is 65.7 Å². The van der Waals surface area contributed by atoms with Crippen LogP contribution in [0.2, 0.25) is 36.3 Å². The van der Waals surface area contributed by atoms with Crippen molar-refractivity contribution in [3.05, 3.63) is 84.2 Å². The highest BCUT2D eigenvalue weighted by Gasteiger charge is 2.57. The number of ketones is 2. The molecule has 2 aromatic carbocycles. The summed E-state index contributed by atoms with van der Waals surface area (Å²) in [6, 6.07) is 15.3. The van der Waals surface area contributed by atoms with Crippen LogP contribution in [0.1, 0.15) is 154 Å². The third-order valence-corrected chi connectivity index (χ3v) is 31.2. The second kappa shape index (κ2) is 31.3. The maximum atomic E-state index is 15.4. The highest BCUT2D eigenvalue weighted by molar-refractivity contribution is 6.74. The van der Waals surface area contributed by atoms with Crippen LogP contribution in [0.3, 0.4) is 0 Å². The molecular weight excluding hydrogens is 1220 g/mol. The van der Waals surface area contributed by atoms with Crippen LogP contribution in [0.25, 0.3) is 21.8 Å². The molecule has 17 nitrogen and oxygen atoms in total. The van der Waals surface area contributed by atoms with Gasteiger partial charge in [0.25, 0.3) is 11.7 Å². The number of amides is 1. The lowest BCUT2D eigenvalue weighted by atomic mass is 9.81. The normalized spacial score (nSPS) is 30.4. The lowest BCUT2D eigenvalue weighted by molar-refractivity contribution is -0.302. The molecule has 2 bridgehead atoms. The molecule has 2 aromatic heterocycles. The highest BCUT2D eigenvalue weighted by atomic mass is 28.4. The molecule has 2 saturated heterocycles. The van der Waals surface area contributed by atoms with Gasteiger partial charge in [0.1, 0.15) is 47.7 Å². The Hall–Kier alpha value is -4.97. The fraction of sp³-hybridized carbons (Fsp3) is 0.680. The quantitative estimate of drug-likeness (QED) is 0.0429. The Morgan fingerprint density at radius 2 is 1.26 bits per heavy atom. The summed E-state index contributed by atoms with van der Waals surface area (Å²) in [7, 11) is 0.983. The first-order valence-corrected chi connectivity index (χ1v) is 40.8. The minimum absolute atomic E-state index is 0.00295. The molecule has 1 unspecified atom stereocenters. The topological polar surface area (TPSA) is 185 Å². The van der Waals surface area contributed by atoms with Crippen LogP contribution in [0, 0.1) is 29.6 Å². The number of Topliss-reactive ketones (excluding diaryl/α,β-unsaturated/α-hetero) is 2. The van der Waals surface area contributed by atoms with Gasteiger partial charge < -0.3 is 61.2 Å². The van der Waals surface area contributed by atoms with Crippen LogP contribution in [-0.2, 0) is 64.8 Å².